The number of aromatic nitrogens is 1. The van der Waals surface area contributed by atoms with Gasteiger partial charge in [0, 0.05) is 24.8 Å². The van der Waals surface area contributed by atoms with Crippen LogP contribution in [0.2, 0.25) is 0 Å². The van der Waals surface area contributed by atoms with Crippen LogP contribution in [0.4, 0.5) is 0 Å². The van der Waals surface area contributed by atoms with Crippen molar-refractivity contribution in [1.29, 1.82) is 0 Å². The van der Waals surface area contributed by atoms with E-state index in [1.807, 2.05) is 42.6 Å². The van der Waals surface area contributed by atoms with Crippen molar-refractivity contribution in [2.75, 3.05) is 7.11 Å². The molecule has 4 heteroatoms. The highest BCUT2D eigenvalue weighted by atomic mass is 16.5. The average Bonchev–Trinajstić information content (AvgIpc) is 3.31. The smallest absolute Gasteiger partial charge is 0.219 e. The fourth-order valence-electron chi connectivity index (χ4n) is 1.94. The van der Waals surface area contributed by atoms with Crippen LogP contribution in [-0.4, -0.2) is 18.1 Å². The summed E-state index contributed by atoms with van der Waals surface area (Å²) < 4.78 is 11.0. The Morgan fingerprint density at radius 2 is 1.95 bits per heavy atom. The van der Waals surface area contributed by atoms with E-state index in [2.05, 4.69) is 10.3 Å². The topological polar surface area (TPSA) is 43.4 Å². The molecule has 1 N–H and O–H groups in total. The average molecular weight is 270 g/mol. The Morgan fingerprint density at radius 1 is 1.15 bits per heavy atom. The molecule has 0 atom stereocenters. The van der Waals surface area contributed by atoms with E-state index in [0.717, 1.165) is 6.54 Å². The number of pyridine rings is 1. The van der Waals surface area contributed by atoms with Gasteiger partial charge in [0.25, 0.3) is 0 Å². The van der Waals surface area contributed by atoms with Gasteiger partial charge in [-0.2, -0.15) is 0 Å². The van der Waals surface area contributed by atoms with Gasteiger partial charge in [0.2, 0.25) is 5.88 Å². The number of ether oxygens (including phenoxy) is 2. The molecule has 20 heavy (non-hydrogen) atoms. The number of rotatable bonds is 6. The van der Waals surface area contributed by atoms with Crippen molar-refractivity contribution in [2.24, 2.45) is 0 Å². The standard InChI is InChI=1S/C16H18N2O2/c1-19-14-4-2-3-5-15(14)20-16-9-6-12(11-18-16)10-17-13-7-8-13/h2-6,9,11,13,17H,7-8,10H2,1H3. The minimum atomic E-state index is 0.574. The second-order valence-electron chi connectivity index (χ2n) is 4.91. The molecule has 0 aliphatic heterocycles. The predicted octanol–water partition coefficient (Wildman–Crippen LogP) is 3.13. The van der Waals surface area contributed by atoms with Gasteiger partial charge in [-0.05, 0) is 30.5 Å². The molecular formula is C16H18N2O2. The summed E-state index contributed by atoms with van der Waals surface area (Å²) in [7, 11) is 1.63. The zero-order valence-corrected chi connectivity index (χ0v) is 11.5. The Morgan fingerprint density at radius 3 is 2.60 bits per heavy atom. The Labute approximate surface area is 118 Å². The maximum atomic E-state index is 5.74. The molecule has 0 unspecified atom stereocenters. The molecule has 0 spiro atoms. The zero-order valence-electron chi connectivity index (χ0n) is 11.5. The van der Waals surface area contributed by atoms with E-state index < -0.39 is 0 Å². The lowest BCUT2D eigenvalue weighted by Gasteiger charge is -2.09. The quantitative estimate of drug-likeness (QED) is 0.875. The van der Waals surface area contributed by atoms with Crippen LogP contribution < -0.4 is 14.8 Å². The lowest BCUT2D eigenvalue weighted by atomic mass is 10.3. The van der Waals surface area contributed by atoms with Crippen LogP contribution in [0.5, 0.6) is 17.4 Å². The third-order valence-corrected chi connectivity index (χ3v) is 3.25. The van der Waals surface area contributed by atoms with Crippen molar-refractivity contribution < 1.29 is 9.47 Å². The lowest BCUT2D eigenvalue weighted by Crippen LogP contribution is -2.15. The van der Waals surface area contributed by atoms with Gasteiger partial charge < -0.3 is 14.8 Å². The molecule has 1 heterocycles. The van der Waals surface area contributed by atoms with Gasteiger partial charge in [-0.25, -0.2) is 4.98 Å². The number of hydrogen-bond donors (Lipinski definition) is 1. The summed E-state index contributed by atoms with van der Waals surface area (Å²) in [5, 5.41) is 3.46. The summed E-state index contributed by atoms with van der Waals surface area (Å²) in [4.78, 5) is 4.33. The maximum absolute atomic E-state index is 5.74. The summed E-state index contributed by atoms with van der Waals surface area (Å²) in [5.41, 5.74) is 1.17. The van der Waals surface area contributed by atoms with Crippen LogP contribution in [0.3, 0.4) is 0 Å². The number of hydrogen-bond acceptors (Lipinski definition) is 4. The van der Waals surface area contributed by atoms with E-state index in [1.54, 1.807) is 7.11 Å². The van der Waals surface area contributed by atoms with Crippen LogP contribution in [0, 0.1) is 0 Å². The molecule has 1 aliphatic rings. The SMILES string of the molecule is COc1ccccc1Oc1ccc(CNC2CC2)cn1. The number of para-hydroxylation sites is 2. The van der Waals surface area contributed by atoms with E-state index in [4.69, 9.17) is 9.47 Å². The number of nitrogens with zero attached hydrogens (tertiary/aromatic N) is 1. The monoisotopic (exact) mass is 270 g/mol. The van der Waals surface area contributed by atoms with Gasteiger partial charge in [0.1, 0.15) is 0 Å². The van der Waals surface area contributed by atoms with Gasteiger partial charge in [0.15, 0.2) is 11.5 Å². The van der Waals surface area contributed by atoms with Crippen molar-refractivity contribution in [3.63, 3.8) is 0 Å². The first kappa shape index (κ1) is 12.9. The number of nitrogens with one attached hydrogen (secondary N) is 1. The fourth-order valence-corrected chi connectivity index (χ4v) is 1.94. The minimum Gasteiger partial charge on any atom is -0.493 e. The second kappa shape index (κ2) is 5.92. The van der Waals surface area contributed by atoms with Crippen molar-refractivity contribution >= 4 is 0 Å². The third-order valence-electron chi connectivity index (χ3n) is 3.25. The van der Waals surface area contributed by atoms with Crippen molar-refractivity contribution in [3.05, 3.63) is 48.2 Å². The molecule has 1 aromatic heterocycles. The van der Waals surface area contributed by atoms with Gasteiger partial charge in [-0.3, -0.25) is 0 Å². The first-order chi connectivity index (χ1) is 9.85. The summed E-state index contributed by atoms with van der Waals surface area (Å²) in [6.45, 7) is 0.868. The Kier molecular flexibility index (Phi) is 3.83. The van der Waals surface area contributed by atoms with E-state index >= 15 is 0 Å². The Bertz CT molecular complexity index is 565. The summed E-state index contributed by atoms with van der Waals surface area (Å²) in [5.74, 6) is 1.95. The van der Waals surface area contributed by atoms with Crippen molar-refractivity contribution in [2.45, 2.75) is 25.4 Å². The molecule has 2 aromatic rings. The normalized spacial score (nSPS) is 14.1. The molecule has 1 aliphatic carbocycles. The zero-order chi connectivity index (χ0) is 13.8. The van der Waals surface area contributed by atoms with Gasteiger partial charge in [0.05, 0.1) is 7.11 Å². The predicted molar refractivity (Wildman–Crippen MR) is 77.2 cm³/mol. The van der Waals surface area contributed by atoms with E-state index in [-0.39, 0.29) is 0 Å². The molecule has 3 rings (SSSR count). The minimum absolute atomic E-state index is 0.574. The van der Waals surface area contributed by atoms with Crippen LogP contribution in [-0.2, 0) is 6.54 Å². The van der Waals surface area contributed by atoms with Crippen molar-refractivity contribution in [1.82, 2.24) is 10.3 Å². The van der Waals surface area contributed by atoms with E-state index in [0.29, 0.717) is 23.4 Å². The van der Waals surface area contributed by atoms with Gasteiger partial charge >= 0.3 is 0 Å². The molecule has 1 aromatic carbocycles. The molecule has 4 nitrogen and oxygen atoms in total. The Balaban J connectivity index is 1.64. The molecule has 1 saturated carbocycles. The maximum Gasteiger partial charge on any atom is 0.219 e. The van der Waals surface area contributed by atoms with Gasteiger partial charge in [-0.15, -0.1) is 0 Å². The molecule has 104 valence electrons. The summed E-state index contributed by atoms with van der Waals surface area (Å²) in [6, 6.07) is 12.2. The highest BCUT2D eigenvalue weighted by Gasteiger charge is 2.19. The molecule has 0 saturated heterocycles. The van der Waals surface area contributed by atoms with E-state index in [1.165, 1.54) is 18.4 Å². The molecular weight excluding hydrogens is 252 g/mol. The molecule has 0 radical (unpaired) electrons. The van der Waals surface area contributed by atoms with E-state index in [9.17, 15) is 0 Å². The summed E-state index contributed by atoms with van der Waals surface area (Å²) >= 11 is 0. The second-order valence-corrected chi connectivity index (χ2v) is 4.91. The van der Waals surface area contributed by atoms with Crippen LogP contribution in [0.15, 0.2) is 42.6 Å². The Hall–Kier alpha value is -2.07. The highest BCUT2D eigenvalue weighted by Crippen LogP contribution is 2.29. The first-order valence-electron chi connectivity index (χ1n) is 6.84. The first-order valence-corrected chi connectivity index (χ1v) is 6.84. The van der Waals surface area contributed by atoms with Crippen molar-refractivity contribution in [3.8, 4) is 17.4 Å². The largest absolute Gasteiger partial charge is 0.493 e. The highest BCUT2D eigenvalue weighted by molar-refractivity contribution is 5.41. The van der Waals surface area contributed by atoms with Crippen LogP contribution >= 0.6 is 0 Å². The number of methoxy groups -OCH3 is 1. The summed E-state index contributed by atoms with van der Waals surface area (Å²) in [6.07, 6.45) is 4.44. The molecule has 0 amide bonds. The molecule has 0 bridgehead atoms. The lowest BCUT2D eigenvalue weighted by molar-refractivity contribution is 0.374. The van der Waals surface area contributed by atoms with Crippen LogP contribution in [0.1, 0.15) is 18.4 Å². The van der Waals surface area contributed by atoms with Gasteiger partial charge in [-0.1, -0.05) is 18.2 Å². The third kappa shape index (κ3) is 3.27. The fraction of sp³-hybridized carbons (Fsp3) is 0.312. The molecule has 1 fully saturated rings. The number of benzene rings is 1. The van der Waals surface area contributed by atoms with Crippen LogP contribution in [0.25, 0.3) is 0 Å².